The number of aliphatic hydroxyl groups excluding tert-OH is 1. The third-order valence-electron chi connectivity index (χ3n) is 2.97. The fourth-order valence-corrected chi connectivity index (χ4v) is 2.28. The van der Waals surface area contributed by atoms with Crippen molar-refractivity contribution in [2.75, 3.05) is 0 Å². The number of halogens is 1. The van der Waals surface area contributed by atoms with Gasteiger partial charge in [0.1, 0.15) is 0 Å². The van der Waals surface area contributed by atoms with Crippen molar-refractivity contribution in [1.82, 2.24) is 5.32 Å². The van der Waals surface area contributed by atoms with Crippen LogP contribution in [0.1, 0.15) is 31.4 Å². The van der Waals surface area contributed by atoms with Crippen molar-refractivity contribution in [1.29, 1.82) is 0 Å². The molecule has 1 atom stereocenters. The van der Waals surface area contributed by atoms with Gasteiger partial charge in [-0.25, -0.2) is 0 Å². The van der Waals surface area contributed by atoms with Gasteiger partial charge in [0.25, 0.3) is 0 Å². The Morgan fingerprint density at radius 3 is 2.47 bits per heavy atom. The zero-order valence-electron chi connectivity index (χ0n) is 8.78. The summed E-state index contributed by atoms with van der Waals surface area (Å²) < 4.78 is 1.27. The highest BCUT2D eigenvalue weighted by Crippen LogP contribution is 2.23. The van der Waals surface area contributed by atoms with E-state index in [0.29, 0.717) is 12.1 Å². The van der Waals surface area contributed by atoms with Gasteiger partial charge < -0.3 is 10.4 Å². The first kappa shape index (κ1) is 11.4. The average molecular weight is 317 g/mol. The molecule has 0 aromatic heterocycles. The Kier molecular flexibility index (Phi) is 3.64. The Balaban J connectivity index is 1.90. The largest absolute Gasteiger partial charge is 0.393 e. The molecule has 0 amide bonds. The minimum Gasteiger partial charge on any atom is -0.393 e. The van der Waals surface area contributed by atoms with Crippen LogP contribution in [0.3, 0.4) is 0 Å². The number of hydrogen-bond donors (Lipinski definition) is 2. The summed E-state index contributed by atoms with van der Waals surface area (Å²) in [6, 6.07) is 9.45. The van der Waals surface area contributed by atoms with Crippen molar-refractivity contribution in [2.24, 2.45) is 0 Å². The van der Waals surface area contributed by atoms with Gasteiger partial charge in [0, 0.05) is 15.7 Å². The first-order valence-corrected chi connectivity index (χ1v) is 6.42. The SMILES string of the molecule is CC(NC1CC(O)C1)c1ccc(I)cc1. The molecule has 0 saturated heterocycles. The third kappa shape index (κ3) is 2.92. The molecule has 3 heteroatoms. The van der Waals surface area contributed by atoms with Crippen molar-refractivity contribution < 1.29 is 5.11 Å². The Labute approximate surface area is 104 Å². The monoisotopic (exact) mass is 317 g/mol. The van der Waals surface area contributed by atoms with Crippen molar-refractivity contribution in [3.63, 3.8) is 0 Å². The third-order valence-corrected chi connectivity index (χ3v) is 3.69. The molecule has 2 nitrogen and oxygen atoms in total. The number of benzene rings is 1. The van der Waals surface area contributed by atoms with Crippen LogP contribution in [0.5, 0.6) is 0 Å². The van der Waals surface area contributed by atoms with Gasteiger partial charge in [0.15, 0.2) is 0 Å². The molecule has 2 N–H and O–H groups in total. The Morgan fingerprint density at radius 2 is 1.93 bits per heavy atom. The molecule has 0 heterocycles. The van der Waals surface area contributed by atoms with Gasteiger partial charge >= 0.3 is 0 Å². The lowest BCUT2D eigenvalue weighted by Crippen LogP contribution is -2.45. The van der Waals surface area contributed by atoms with E-state index < -0.39 is 0 Å². The molecule has 1 aliphatic rings. The summed E-state index contributed by atoms with van der Waals surface area (Å²) in [7, 11) is 0. The Bertz CT molecular complexity index is 319. The molecule has 1 aromatic rings. The summed E-state index contributed by atoms with van der Waals surface area (Å²) in [5, 5.41) is 12.7. The van der Waals surface area contributed by atoms with Crippen molar-refractivity contribution >= 4 is 22.6 Å². The number of rotatable bonds is 3. The molecular formula is C12H16INO. The van der Waals surface area contributed by atoms with Gasteiger partial charge in [-0.3, -0.25) is 0 Å². The maximum Gasteiger partial charge on any atom is 0.0570 e. The molecule has 1 unspecified atom stereocenters. The predicted molar refractivity (Wildman–Crippen MR) is 69.7 cm³/mol. The standard InChI is InChI=1S/C12H16INO/c1-8(14-11-6-12(15)7-11)9-2-4-10(13)5-3-9/h2-5,8,11-12,14-15H,6-7H2,1H3. The lowest BCUT2D eigenvalue weighted by atomic mass is 9.88. The van der Waals surface area contributed by atoms with E-state index in [1.807, 2.05) is 0 Å². The fourth-order valence-electron chi connectivity index (χ4n) is 1.93. The molecule has 1 saturated carbocycles. The van der Waals surface area contributed by atoms with Gasteiger partial charge in [-0.1, -0.05) is 12.1 Å². The van der Waals surface area contributed by atoms with Crippen LogP contribution in [-0.4, -0.2) is 17.3 Å². The van der Waals surface area contributed by atoms with E-state index in [1.165, 1.54) is 9.13 Å². The zero-order valence-corrected chi connectivity index (χ0v) is 10.9. The van der Waals surface area contributed by atoms with E-state index >= 15 is 0 Å². The molecule has 0 spiro atoms. The van der Waals surface area contributed by atoms with Crippen molar-refractivity contribution in [3.8, 4) is 0 Å². The average Bonchev–Trinajstić information content (AvgIpc) is 2.16. The van der Waals surface area contributed by atoms with Crippen LogP contribution in [-0.2, 0) is 0 Å². The first-order chi connectivity index (χ1) is 7.15. The Morgan fingerprint density at radius 1 is 1.33 bits per heavy atom. The highest BCUT2D eigenvalue weighted by Gasteiger charge is 2.27. The second kappa shape index (κ2) is 4.80. The summed E-state index contributed by atoms with van der Waals surface area (Å²) in [6.45, 7) is 2.17. The summed E-state index contributed by atoms with van der Waals surface area (Å²) in [5.41, 5.74) is 1.32. The van der Waals surface area contributed by atoms with Gasteiger partial charge in [-0.2, -0.15) is 0 Å². The van der Waals surface area contributed by atoms with E-state index in [-0.39, 0.29) is 6.10 Å². The summed E-state index contributed by atoms with van der Waals surface area (Å²) in [4.78, 5) is 0. The number of aliphatic hydroxyl groups is 1. The van der Waals surface area contributed by atoms with Crippen LogP contribution >= 0.6 is 22.6 Å². The number of hydrogen-bond acceptors (Lipinski definition) is 2. The van der Waals surface area contributed by atoms with Crippen LogP contribution in [0.25, 0.3) is 0 Å². The topological polar surface area (TPSA) is 32.3 Å². The highest BCUT2D eigenvalue weighted by atomic mass is 127. The van der Waals surface area contributed by atoms with Crippen molar-refractivity contribution in [2.45, 2.75) is 38.0 Å². The summed E-state index contributed by atoms with van der Waals surface area (Å²) in [6.07, 6.45) is 1.72. The molecule has 1 aliphatic carbocycles. The minimum absolute atomic E-state index is 0.0774. The van der Waals surface area contributed by atoms with E-state index in [1.54, 1.807) is 0 Å². The summed E-state index contributed by atoms with van der Waals surface area (Å²) >= 11 is 2.31. The highest BCUT2D eigenvalue weighted by molar-refractivity contribution is 14.1. The minimum atomic E-state index is -0.0774. The molecule has 0 radical (unpaired) electrons. The molecule has 1 fully saturated rings. The molecular weight excluding hydrogens is 301 g/mol. The van der Waals surface area contributed by atoms with E-state index in [2.05, 4.69) is 59.1 Å². The maximum atomic E-state index is 9.20. The normalized spacial score (nSPS) is 27.1. The van der Waals surface area contributed by atoms with Crippen LogP contribution in [0.2, 0.25) is 0 Å². The van der Waals surface area contributed by atoms with E-state index in [4.69, 9.17) is 0 Å². The molecule has 0 bridgehead atoms. The maximum absolute atomic E-state index is 9.20. The van der Waals surface area contributed by atoms with Gasteiger partial charge in [0.2, 0.25) is 0 Å². The van der Waals surface area contributed by atoms with E-state index in [0.717, 1.165) is 12.8 Å². The molecule has 2 rings (SSSR count). The van der Waals surface area contributed by atoms with Gasteiger partial charge in [0.05, 0.1) is 6.10 Å². The number of nitrogens with one attached hydrogen (secondary N) is 1. The lowest BCUT2D eigenvalue weighted by molar-refractivity contribution is 0.0586. The molecule has 1 aromatic carbocycles. The molecule has 15 heavy (non-hydrogen) atoms. The smallest absolute Gasteiger partial charge is 0.0570 e. The first-order valence-electron chi connectivity index (χ1n) is 5.34. The van der Waals surface area contributed by atoms with Crippen LogP contribution < -0.4 is 5.32 Å². The van der Waals surface area contributed by atoms with Crippen molar-refractivity contribution in [3.05, 3.63) is 33.4 Å². The van der Waals surface area contributed by atoms with Crippen LogP contribution in [0, 0.1) is 3.57 Å². The van der Waals surface area contributed by atoms with E-state index in [9.17, 15) is 5.11 Å². The zero-order chi connectivity index (χ0) is 10.8. The lowest BCUT2D eigenvalue weighted by Gasteiger charge is -2.34. The molecule has 82 valence electrons. The quantitative estimate of drug-likeness (QED) is 0.840. The second-order valence-electron chi connectivity index (χ2n) is 4.26. The molecule has 0 aliphatic heterocycles. The predicted octanol–water partition coefficient (Wildman–Crippen LogP) is 2.47. The fraction of sp³-hybridized carbons (Fsp3) is 0.500. The summed E-state index contributed by atoms with van der Waals surface area (Å²) in [5.74, 6) is 0. The Hall–Kier alpha value is -0.130. The van der Waals surface area contributed by atoms with Crippen LogP contribution in [0.4, 0.5) is 0 Å². The van der Waals surface area contributed by atoms with Gasteiger partial charge in [-0.05, 0) is 60.1 Å². The van der Waals surface area contributed by atoms with Gasteiger partial charge in [-0.15, -0.1) is 0 Å². The van der Waals surface area contributed by atoms with Crippen LogP contribution in [0.15, 0.2) is 24.3 Å². The second-order valence-corrected chi connectivity index (χ2v) is 5.51.